The summed E-state index contributed by atoms with van der Waals surface area (Å²) in [6.45, 7) is 2.33. The van der Waals surface area contributed by atoms with E-state index in [4.69, 9.17) is 16.3 Å². The zero-order chi connectivity index (χ0) is 27.7. The van der Waals surface area contributed by atoms with Crippen LogP contribution in [-0.4, -0.2) is 36.5 Å². The molecule has 0 aromatic heterocycles. The van der Waals surface area contributed by atoms with Gasteiger partial charge in [-0.3, -0.25) is 9.59 Å². The number of aliphatic carboxylic acids is 1. The highest BCUT2D eigenvalue weighted by molar-refractivity contribution is 6.34. The number of amides is 2. The third kappa shape index (κ3) is 5.27. The number of benzene rings is 3. The molecule has 1 aliphatic carbocycles. The quantitative estimate of drug-likeness (QED) is 0.393. The minimum absolute atomic E-state index is 0.196. The maximum Gasteiger partial charge on any atom is 0.331 e. The minimum atomic E-state index is -0.874. The number of ether oxygens (including phenoxy) is 1. The lowest BCUT2D eigenvalue weighted by molar-refractivity contribution is -0.132. The molecule has 8 heteroatoms. The molecule has 7 nitrogen and oxygen atoms in total. The Kier molecular flexibility index (Phi) is 7.19. The van der Waals surface area contributed by atoms with E-state index in [-0.39, 0.29) is 17.2 Å². The molecule has 1 spiro atoms. The summed E-state index contributed by atoms with van der Waals surface area (Å²) in [6, 6.07) is 17.9. The van der Waals surface area contributed by atoms with Gasteiger partial charge in [-0.2, -0.15) is 0 Å². The van der Waals surface area contributed by atoms with E-state index in [1.54, 1.807) is 35.2 Å². The van der Waals surface area contributed by atoms with Gasteiger partial charge in [0.15, 0.2) is 0 Å². The number of rotatable bonds is 5. The van der Waals surface area contributed by atoms with Crippen molar-refractivity contribution in [1.29, 1.82) is 0 Å². The first kappa shape index (κ1) is 26.5. The van der Waals surface area contributed by atoms with Crippen LogP contribution in [0.3, 0.4) is 0 Å². The second kappa shape index (κ2) is 10.6. The van der Waals surface area contributed by atoms with Crippen LogP contribution in [0.1, 0.15) is 51.1 Å². The van der Waals surface area contributed by atoms with Gasteiger partial charge < -0.3 is 20.1 Å². The summed E-state index contributed by atoms with van der Waals surface area (Å²) >= 11 is 6.23. The van der Waals surface area contributed by atoms with Gasteiger partial charge in [-0.25, -0.2) is 4.79 Å². The van der Waals surface area contributed by atoms with Crippen molar-refractivity contribution in [3.05, 3.63) is 99.6 Å². The molecule has 1 atom stereocenters. The van der Waals surface area contributed by atoms with Crippen LogP contribution in [0.4, 0.5) is 11.4 Å². The first-order chi connectivity index (χ1) is 18.7. The van der Waals surface area contributed by atoms with Crippen LogP contribution in [0, 0.1) is 12.3 Å². The number of hydrogen-bond acceptors (Lipinski definition) is 4. The largest absolute Gasteiger partial charge is 0.495 e. The Hall–Kier alpha value is -4.10. The Morgan fingerprint density at radius 3 is 2.59 bits per heavy atom. The lowest BCUT2D eigenvalue weighted by Crippen LogP contribution is -2.33. The number of methoxy groups -OCH3 is 1. The first-order valence-electron chi connectivity index (χ1n) is 12.8. The number of halogens is 1. The van der Waals surface area contributed by atoms with E-state index in [0.717, 1.165) is 23.2 Å². The number of carboxylic acid groups (broad SMARTS) is 1. The molecule has 39 heavy (non-hydrogen) atoms. The number of aryl methyl sites for hydroxylation is 1. The summed E-state index contributed by atoms with van der Waals surface area (Å²) in [6.07, 6.45) is 4.52. The number of hydrogen-bond donors (Lipinski definition) is 2. The molecule has 5 rings (SSSR count). The van der Waals surface area contributed by atoms with Crippen molar-refractivity contribution in [3.8, 4) is 5.75 Å². The molecule has 2 amide bonds. The fourth-order valence-electron chi connectivity index (χ4n) is 5.55. The van der Waals surface area contributed by atoms with Gasteiger partial charge in [0, 0.05) is 23.4 Å². The number of anilines is 2. The van der Waals surface area contributed by atoms with Crippen molar-refractivity contribution >= 4 is 40.8 Å². The van der Waals surface area contributed by atoms with Crippen molar-refractivity contribution in [1.82, 2.24) is 0 Å². The molecule has 200 valence electrons. The number of nitrogens with zero attached hydrogens (tertiary/aromatic N) is 1. The van der Waals surface area contributed by atoms with Gasteiger partial charge in [0.05, 0.1) is 23.4 Å². The normalized spacial score (nSPS) is 18.2. The number of carbonyl (C=O) groups excluding carboxylic acids is 2. The average molecular weight is 545 g/mol. The summed E-state index contributed by atoms with van der Waals surface area (Å²) < 4.78 is 5.54. The van der Waals surface area contributed by atoms with Crippen LogP contribution >= 0.6 is 11.6 Å². The second-order valence-corrected chi connectivity index (χ2v) is 10.6. The monoisotopic (exact) mass is 544 g/mol. The minimum Gasteiger partial charge on any atom is -0.495 e. The van der Waals surface area contributed by atoms with Crippen LogP contribution in [0.5, 0.6) is 5.75 Å². The van der Waals surface area contributed by atoms with Crippen molar-refractivity contribution in [2.45, 2.75) is 32.6 Å². The number of nitrogens with one attached hydrogen (secondary N) is 1. The summed E-state index contributed by atoms with van der Waals surface area (Å²) in [5, 5.41) is 12.7. The van der Waals surface area contributed by atoms with Crippen molar-refractivity contribution in [2.24, 2.45) is 5.41 Å². The average Bonchev–Trinajstić information content (AvgIpc) is 3.27. The standard InChI is InChI=1S/C31H29ClN2O5/c1-19-7-9-24(32)23(15-19)28(35)33-25-10-8-20(16-27(25)39-2)29(36)34-14-13-31(12-11-22(18-31)30(37)38)17-21-5-3-4-6-26(21)34/h3-10,15-16,18H,11-14,17H2,1-2H3,(H,33,35)(H,37,38)/t31-/m0/s1. The Balaban J connectivity index is 1.42. The van der Waals surface area contributed by atoms with Gasteiger partial charge in [-0.15, -0.1) is 0 Å². The van der Waals surface area contributed by atoms with Crippen molar-refractivity contribution < 1.29 is 24.2 Å². The molecule has 3 aromatic rings. The Morgan fingerprint density at radius 2 is 1.85 bits per heavy atom. The highest BCUT2D eigenvalue weighted by Gasteiger charge is 2.39. The van der Waals surface area contributed by atoms with E-state index in [0.29, 0.717) is 59.0 Å². The SMILES string of the molecule is COc1cc(C(=O)N2CC[C@]3(C=C(C(=O)O)CC3)Cc3ccccc32)ccc1NC(=O)c1cc(C)ccc1Cl. The number of allylic oxidation sites excluding steroid dienone is 1. The Morgan fingerprint density at radius 1 is 1.05 bits per heavy atom. The van der Waals surface area contributed by atoms with Gasteiger partial charge >= 0.3 is 5.97 Å². The highest BCUT2D eigenvalue weighted by atomic mass is 35.5. The summed E-state index contributed by atoms with van der Waals surface area (Å²) in [7, 11) is 1.48. The number of carbonyl (C=O) groups is 3. The topological polar surface area (TPSA) is 95.9 Å². The van der Waals surface area contributed by atoms with Gasteiger partial charge in [-0.1, -0.05) is 47.5 Å². The smallest absolute Gasteiger partial charge is 0.331 e. The number of fused-ring (bicyclic) bond motifs is 1. The van der Waals surface area contributed by atoms with E-state index in [2.05, 4.69) is 5.32 Å². The molecule has 0 saturated heterocycles. The summed E-state index contributed by atoms with van der Waals surface area (Å²) in [4.78, 5) is 40.1. The van der Waals surface area contributed by atoms with E-state index in [9.17, 15) is 19.5 Å². The van der Waals surface area contributed by atoms with Crippen molar-refractivity contribution in [2.75, 3.05) is 23.9 Å². The molecule has 0 radical (unpaired) electrons. The molecular formula is C31H29ClN2O5. The molecule has 0 bridgehead atoms. The van der Waals surface area contributed by atoms with Crippen LogP contribution in [0.25, 0.3) is 0 Å². The number of carboxylic acids is 1. The molecule has 2 aliphatic rings. The molecule has 0 saturated carbocycles. The van der Waals surface area contributed by atoms with Crippen LogP contribution in [0.2, 0.25) is 5.02 Å². The lowest BCUT2D eigenvalue weighted by atomic mass is 9.79. The van der Waals surface area contributed by atoms with Crippen LogP contribution < -0.4 is 15.0 Å². The van der Waals surface area contributed by atoms with Gasteiger partial charge in [-0.05, 0) is 80.0 Å². The molecule has 3 aromatic carbocycles. The predicted molar refractivity (Wildman–Crippen MR) is 151 cm³/mol. The maximum absolute atomic E-state index is 13.9. The van der Waals surface area contributed by atoms with E-state index in [1.807, 2.05) is 43.3 Å². The third-order valence-electron chi connectivity index (χ3n) is 7.61. The maximum atomic E-state index is 13.9. The first-order valence-corrected chi connectivity index (χ1v) is 13.2. The zero-order valence-electron chi connectivity index (χ0n) is 21.8. The van der Waals surface area contributed by atoms with Crippen LogP contribution in [0.15, 0.2) is 72.3 Å². The second-order valence-electron chi connectivity index (χ2n) is 10.2. The third-order valence-corrected chi connectivity index (χ3v) is 7.94. The molecule has 2 N–H and O–H groups in total. The molecule has 1 heterocycles. The van der Waals surface area contributed by atoms with Gasteiger partial charge in [0.2, 0.25) is 0 Å². The Bertz CT molecular complexity index is 1510. The molecular weight excluding hydrogens is 516 g/mol. The predicted octanol–water partition coefficient (Wildman–Crippen LogP) is 6.29. The fraction of sp³-hybridized carbons (Fsp3) is 0.258. The lowest BCUT2D eigenvalue weighted by Gasteiger charge is -2.26. The fourth-order valence-corrected chi connectivity index (χ4v) is 5.75. The van der Waals surface area contributed by atoms with Gasteiger partial charge in [0.25, 0.3) is 11.8 Å². The molecule has 0 unspecified atom stereocenters. The van der Waals surface area contributed by atoms with Gasteiger partial charge in [0.1, 0.15) is 5.75 Å². The Labute approximate surface area is 232 Å². The highest BCUT2D eigenvalue weighted by Crippen LogP contribution is 2.46. The van der Waals surface area contributed by atoms with Crippen LogP contribution in [-0.2, 0) is 11.2 Å². The van der Waals surface area contributed by atoms with E-state index in [1.165, 1.54) is 7.11 Å². The summed E-state index contributed by atoms with van der Waals surface area (Å²) in [5.41, 5.74) is 4.08. The molecule has 0 fully saturated rings. The van der Waals surface area contributed by atoms with Crippen molar-refractivity contribution in [3.63, 3.8) is 0 Å². The molecule has 1 aliphatic heterocycles. The zero-order valence-corrected chi connectivity index (χ0v) is 22.5. The van der Waals surface area contributed by atoms with E-state index >= 15 is 0 Å². The number of para-hydroxylation sites is 1. The summed E-state index contributed by atoms with van der Waals surface area (Å²) in [5.74, 6) is -1.10. The van der Waals surface area contributed by atoms with E-state index < -0.39 is 5.97 Å².